The van der Waals surface area contributed by atoms with Crippen LogP contribution in [0.15, 0.2) is 36.7 Å². The summed E-state index contributed by atoms with van der Waals surface area (Å²) < 4.78 is 37.7. The van der Waals surface area contributed by atoms with Crippen molar-refractivity contribution in [2.24, 2.45) is 0 Å². The molecule has 0 atom stereocenters. The van der Waals surface area contributed by atoms with E-state index in [9.17, 15) is 22.8 Å². The summed E-state index contributed by atoms with van der Waals surface area (Å²) in [6.45, 7) is 1.71. The number of likely N-dealkylation sites (N-methyl/N-ethyl adjacent to an activating group) is 1. The van der Waals surface area contributed by atoms with Crippen LogP contribution in [0.4, 0.5) is 18.9 Å². The van der Waals surface area contributed by atoms with Gasteiger partial charge in [0.2, 0.25) is 0 Å². The van der Waals surface area contributed by atoms with Crippen molar-refractivity contribution in [3.63, 3.8) is 0 Å². The van der Waals surface area contributed by atoms with Gasteiger partial charge in [0.15, 0.2) is 0 Å². The number of hydrogen-bond acceptors (Lipinski definition) is 4. The highest BCUT2D eigenvalue weighted by atomic mass is 19.4. The number of benzene rings is 1. The molecule has 1 N–H and O–H groups in total. The van der Waals surface area contributed by atoms with Gasteiger partial charge in [0.1, 0.15) is 6.54 Å². The van der Waals surface area contributed by atoms with Crippen LogP contribution >= 0.6 is 0 Å². The van der Waals surface area contributed by atoms with E-state index in [1.165, 1.54) is 0 Å². The minimum absolute atomic E-state index is 0.0156. The molecule has 0 saturated carbocycles. The number of hydrogen-bond donors (Lipinski definition) is 1. The maximum Gasteiger partial charge on any atom is 0.408 e. The zero-order valence-electron chi connectivity index (χ0n) is 15.2. The Balaban J connectivity index is 1.59. The van der Waals surface area contributed by atoms with Gasteiger partial charge in [0.05, 0.1) is 11.8 Å². The second kappa shape index (κ2) is 8.01. The van der Waals surface area contributed by atoms with Crippen molar-refractivity contribution in [1.29, 1.82) is 0 Å². The van der Waals surface area contributed by atoms with Crippen molar-refractivity contribution < 1.29 is 22.8 Å². The van der Waals surface area contributed by atoms with Crippen molar-refractivity contribution in [3.8, 4) is 0 Å². The molecule has 3 rings (SSSR count). The highest BCUT2D eigenvalue weighted by Gasteiger charge is 2.28. The maximum absolute atomic E-state index is 12.5. The summed E-state index contributed by atoms with van der Waals surface area (Å²) in [5.74, 6) is -0.647. The topological polar surface area (TPSA) is 70.5 Å². The second-order valence-electron chi connectivity index (χ2n) is 6.67. The molecule has 0 radical (unpaired) electrons. The summed E-state index contributed by atoms with van der Waals surface area (Å²) >= 11 is 0. The molecular formula is C18H20F3N5O2. The lowest BCUT2D eigenvalue weighted by atomic mass is 10.1. The van der Waals surface area contributed by atoms with Crippen LogP contribution in [0, 0.1) is 0 Å². The average molecular weight is 395 g/mol. The van der Waals surface area contributed by atoms with Crippen LogP contribution < -0.4 is 5.32 Å². The van der Waals surface area contributed by atoms with E-state index in [1.807, 2.05) is 7.05 Å². The Kier molecular flexibility index (Phi) is 5.68. The molecule has 0 bridgehead atoms. The first kappa shape index (κ1) is 19.9. The fourth-order valence-corrected chi connectivity index (χ4v) is 2.84. The smallest absolute Gasteiger partial charge is 0.336 e. The molecule has 28 heavy (non-hydrogen) atoms. The molecule has 0 aliphatic carbocycles. The van der Waals surface area contributed by atoms with E-state index in [4.69, 9.17) is 0 Å². The number of halogens is 3. The van der Waals surface area contributed by atoms with Crippen LogP contribution in [0.2, 0.25) is 0 Å². The van der Waals surface area contributed by atoms with Crippen molar-refractivity contribution >= 4 is 17.5 Å². The van der Waals surface area contributed by atoms with Crippen molar-refractivity contribution in [2.75, 3.05) is 38.5 Å². The molecule has 1 aromatic heterocycles. The summed E-state index contributed by atoms with van der Waals surface area (Å²) in [5, 5.41) is 6.12. The average Bonchev–Trinajstić information content (AvgIpc) is 3.09. The molecule has 1 aromatic carbocycles. The minimum atomic E-state index is -4.41. The summed E-state index contributed by atoms with van der Waals surface area (Å²) in [6, 6.07) is 6.40. The second-order valence-corrected chi connectivity index (χ2v) is 6.67. The van der Waals surface area contributed by atoms with Gasteiger partial charge in [-0.15, -0.1) is 0 Å². The third kappa shape index (κ3) is 5.10. The monoisotopic (exact) mass is 395 g/mol. The Hall–Kier alpha value is -2.88. The number of carbonyl (C=O) groups excluding carboxylic acids is 2. The largest absolute Gasteiger partial charge is 0.408 e. The Bertz CT molecular complexity index is 840. The van der Waals surface area contributed by atoms with Gasteiger partial charge in [-0.2, -0.15) is 18.3 Å². The lowest BCUT2D eigenvalue weighted by molar-refractivity contribution is -0.142. The number of nitrogens with zero attached hydrogens (tertiary/aromatic N) is 4. The summed E-state index contributed by atoms with van der Waals surface area (Å²) in [4.78, 5) is 28.6. The lowest BCUT2D eigenvalue weighted by Gasteiger charge is -2.32. The number of amides is 2. The molecule has 2 aromatic rings. The van der Waals surface area contributed by atoms with E-state index in [1.54, 1.807) is 29.2 Å². The SMILES string of the molecule is CN1CCN(C(=O)c2ccc(NC(=O)c3cnn(CC(F)(F)F)c3)cc2)CC1. The van der Waals surface area contributed by atoms with Gasteiger partial charge in [0.25, 0.3) is 11.8 Å². The van der Waals surface area contributed by atoms with Gasteiger partial charge in [-0.25, -0.2) is 0 Å². The first-order chi connectivity index (χ1) is 13.2. The first-order valence-corrected chi connectivity index (χ1v) is 8.70. The number of nitrogens with one attached hydrogen (secondary N) is 1. The van der Waals surface area contributed by atoms with Crippen LogP contribution in [-0.2, 0) is 6.54 Å². The Morgan fingerprint density at radius 1 is 1.07 bits per heavy atom. The molecule has 2 heterocycles. The number of aromatic nitrogens is 2. The maximum atomic E-state index is 12.5. The fraction of sp³-hybridized carbons (Fsp3) is 0.389. The summed E-state index contributed by atoms with van der Waals surface area (Å²) in [5.41, 5.74) is 0.964. The van der Waals surface area contributed by atoms with Crippen LogP contribution in [-0.4, -0.2) is 70.8 Å². The van der Waals surface area contributed by atoms with E-state index in [-0.39, 0.29) is 11.5 Å². The highest BCUT2D eigenvalue weighted by molar-refractivity contribution is 6.04. The van der Waals surface area contributed by atoms with Crippen LogP contribution in [0.1, 0.15) is 20.7 Å². The third-order valence-corrected chi connectivity index (χ3v) is 4.42. The fourth-order valence-electron chi connectivity index (χ4n) is 2.84. The van der Waals surface area contributed by atoms with E-state index in [0.717, 1.165) is 25.5 Å². The molecule has 1 fully saturated rings. The van der Waals surface area contributed by atoms with Crippen molar-refractivity contribution in [1.82, 2.24) is 19.6 Å². The summed E-state index contributed by atoms with van der Waals surface area (Å²) in [7, 11) is 2.01. The number of carbonyl (C=O) groups is 2. The van der Waals surface area contributed by atoms with Crippen LogP contribution in [0.25, 0.3) is 0 Å². The molecule has 10 heteroatoms. The van der Waals surface area contributed by atoms with E-state index in [2.05, 4.69) is 15.3 Å². The quantitative estimate of drug-likeness (QED) is 0.861. The molecule has 7 nitrogen and oxygen atoms in total. The van der Waals surface area contributed by atoms with Gasteiger partial charge in [-0.1, -0.05) is 0 Å². The molecule has 1 aliphatic heterocycles. The minimum Gasteiger partial charge on any atom is -0.336 e. The highest BCUT2D eigenvalue weighted by Crippen LogP contribution is 2.18. The summed E-state index contributed by atoms with van der Waals surface area (Å²) in [6.07, 6.45) is -2.30. The van der Waals surface area contributed by atoms with Crippen LogP contribution in [0.5, 0.6) is 0 Å². The van der Waals surface area contributed by atoms with Crippen LogP contribution in [0.3, 0.4) is 0 Å². The zero-order valence-corrected chi connectivity index (χ0v) is 15.2. The third-order valence-electron chi connectivity index (χ3n) is 4.42. The predicted molar refractivity (Wildman–Crippen MR) is 96.1 cm³/mol. The van der Waals surface area contributed by atoms with Gasteiger partial charge >= 0.3 is 6.18 Å². The number of rotatable bonds is 4. The lowest BCUT2D eigenvalue weighted by Crippen LogP contribution is -2.47. The first-order valence-electron chi connectivity index (χ1n) is 8.70. The molecule has 2 amide bonds. The van der Waals surface area contributed by atoms with E-state index < -0.39 is 18.6 Å². The van der Waals surface area contributed by atoms with Gasteiger partial charge in [-0.3, -0.25) is 14.3 Å². The van der Waals surface area contributed by atoms with E-state index >= 15 is 0 Å². The molecule has 1 saturated heterocycles. The Labute approximate surface area is 159 Å². The standard InChI is InChI=1S/C18H20F3N5O2/c1-24-6-8-25(9-7-24)17(28)13-2-4-15(5-3-13)23-16(27)14-10-22-26(11-14)12-18(19,20)21/h2-5,10-11H,6-9,12H2,1H3,(H,23,27). The van der Waals surface area contributed by atoms with Crippen molar-refractivity contribution in [2.45, 2.75) is 12.7 Å². The molecule has 1 aliphatic rings. The number of piperazine rings is 1. The number of anilines is 1. The Morgan fingerprint density at radius 2 is 1.71 bits per heavy atom. The van der Waals surface area contributed by atoms with E-state index in [0.29, 0.717) is 29.0 Å². The van der Waals surface area contributed by atoms with Gasteiger partial charge in [-0.05, 0) is 31.3 Å². The van der Waals surface area contributed by atoms with Gasteiger partial charge in [0, 0.05) is 43.6 Å². The predicted octanol–water partition coefficient (Wildman–Crippen LogP) is 2.09. The Morgan fingerprint density at radius 3 is 2.32 bits per heavy atom. The molecular weight excluding hydrogens is 375 g/mol. The zero-order chi connectivity index (χ0) is 20.3. The van der Waals surface area contributed by atoms with Crippen molar-refractivity contribution in [3.05, 3.63) is 47.8 Å². The number of alkyl halides is 3. The molecule has 150 valence electrons. The normalized spacial score (nSPS) is 15.5. The molecule has 0 unspecified atom stereocenters. The molecule has 0 spiro atoms. The van der Waals surface area contributed by atoms with Gasteiger partial charge < -0.3 is 15.1 Å².